The average molecular weight is 274 g/mol. The van der Waals surface area contributed by atoms with E-state index in [1.54, 1.807) is 18.1 Å². The lowest BCUT2D eigenvalue weighted by atomic mass is 9.99. The molecule has 2 amide bonds. The van der Waals surface area contributed by atoms with E-state index in [1.807, 2.05) is 13.8 Å². The summed E-state index contributed by atoms with van der Waals surface area (Å²) < 4.78 is 11.1. The maximum Gasteiger partial charge on any atom is 0.245 e. The van der Waals surface area contributed by atoms with Crippen molar-refractivity contribution >= 4 is 22.6 Å². The van der Waals surface area contributed by atoms with Crippen molar-refractivity contribution in [3.05, 3.63) is 0 Å². The molecular weight excluding hydrogens is 252 g/mol. The quantitative estimate of drug-likeness (QED) is 0.775. The number of carbonyl (C=O) groups excluding carboxylic acids is 2. The van der Waals surface area contributed by atoms with Crippen molar-refractivity contribution in [1.29, 1.82) is 0 Å². The van der Waals surface area contributed by atoms with E-state index in [0.29, 0.717) is 24.6 Å². The van der Waals surface area contributed by atoms with Crippen LogP contribution >= 0.6 is 0 Å². The van der Waals surface area contributed by atoms with E-state index in [0.717, 1.165) is 0 Å². The van der Waals surface area contributed by atoms with Gasteiger partial charge in [0.1, 0.15) is 12.1 Å². The average Bonchev–Trinajstić information content (AvgIpc) is 2.24. The van der Waals surface area contributed by atoms with Crippen LogP contribution in [0.25, 0.3) is 0 Å². The Bertz CT molecular complexity index is 357. The maximum absolute atomic E-state index is 12.2. The smallest absolute Gasteiger partial charge is 0.245 e. The third kappa shape index (κ3) is 3.80. The molecule has 3 unspecified atom stereocenters. The van der Waals surface area contributed by atoms with Crippen molar-refractivity contribution in [2.75, 3.05) is 18.6 Å². The van der Waals surface area contributed by atoms with Gasteiger partial charge >= 0.3 is 0 Å². The summed E-state index contributed by atoms with van der Waals surface area (Å²) in [5.41, 5.74) is 0. The minimum absolute atomic E-state index is 0.0544. The van der Waals surface area contributed by atoms with Crippen LogP contribution in [0.4, 0.5) is 0 Å². The molecule has 0 aromatic carbocycles. The third-order valence-corrected chi connectivity index (χ3v) is 3.83. The van der Waals surface area contributed by atoms with Gasteiger partial charge in [0, 0.05) is 29.4 Å². The van der Waals surface area contributed by atoms with Crippen molar-refractivity contribution in [1.82, 2.24) is 10.2 Å². The Morgan fingerprint density at radius 2 is 2.00 bits per heavy atom. The molecule has 18 heavy (non-hydrogen) atoms. The molecule has 0 bridgehead atoms. The van der Waals surface area contributed by atoms with E-state index >= 15 is 0 Å². The molecule has 0 spiro atoms. The largest absolute Gasteiger partial charge is 0.343 e. The number of hydrogen-bond donors (Lipinski definition) is 1. The van der Waals surface area contributed by atoms with Crippen molar-refractivity contribution in [2.24, 2.45) is 5.92 Å². The fraction of sp³-hybridized carbons (Fsp3) is 0.833. The van der Waals surface area contributed by atoms with Crippen molar-refractivity contribution < 1.29 is 13.8 Å². The molecule has 1 aliphatic rings. The molecule has 1 rings (SSSR count). The lowest BCUT2D eigenvalue weighted by molar-refractivity contribution is -0.148. The van der Waals surface area contributed by atoms with Crippen molar-refractivity contribution in [3.63, 3.8) is 0 Å². The van der Waals surface area contributed by atoms with E-state index in [1.165, 1.54) is 0 Å². The van der Waals surface area contributed by atoms with Gasteiger partial charge in [-0.2, -0.15) is 0 Å². The number of rotatable bonds is 5. The second kappa shape index (κ2) is 6.31. The molecule has 1 fully saturated rings. The van der Waals surface area contributed by atoms with Gasteiger partial charge in [-0.25, -0.2) is 0 Å². The molecule has 5 nitrogen and oxygen atoms in total. The highest BCUT2D eigenvalue weighted by molar-refractivity contribution is 7.84. The van der Waals surface area contributed by atoms with Crippen LogP contribution < -0.4 is 5.32 Å². The predicted molar refractivity (Wildman–Crippen MR) is 71.5 cm³/mol. The van der Waals surface area contributed by atoms with E-state index < -0.39 is 22.9 Å². The molecule has 3 atom stereocenters. The van der Waals surface area contributed by atoms with Crippen LogP contribution in [0.5, 0.6) is 0 Å². The van der Waals surface area contributed by atoms with Gasteiger partial charge in [-0.3, -0.25) is 13.8 Å². The summed E-state index contributed by atoms with van der Waals surface area (Å²) >= 11 is 0. The maximum atomic E-state index is 12.2. The van der Waals surface area contributed by atoms with Crippen LogP contribution in [-0.2, 0) is 20.4 Å². The van der Waals surface area contributed by atoms with Gasteiger partial charge in [0.15, 0.2) is 0 Å². The first-order chi connectivity index (χ1) is 8.32. The minimum atomic E-state index is -0.956. The van der Waals surface area contributed by atoms with E-state index in [2.05, 4.69) is 5.32 Å². The molecule has 0 radical (unpaired) electrons. The lowest BCUT2D eigenvalue weighted by Gasteiger charge is -2.37. The van der Waals surface area contributed by atoms with Gasteiger partial charge in [-0.15, -0.1) is 0 Å². The standard InChI is InChI=1S/C12H22N2O3S/c1-8(2)7-10-12(16)14(5-6-18(4)17)9(3)11(15)13-10/h8-10H,5-7H2,1-4H3,(H,13,15). The third-order valence-electron chi connectivity index (χ3n) is 3.07. The zero-order valence-electron chi connectivity index (χ0n) is 11.4. The van der Waals surface area contributed by atoms with Gasteiger partial charge in [0.05, 0.1) is 0 Å². The SMILES string of the molecule is CC(C)CC1NC(=O)C(C)N(CCS(C)=O)C1=O. The highest BCUT2D eigenvalue weighted by Gasteiger charge is 2.37. The summed E-state index contributed by atoms with van der Waals surface area (Å²) in [7, 11) is -0.956. The highest BCUT2D eigenvalue weighted by Crippen LogP contribution is 2.15. The van der Waals surface area contributed by atoms with Crippen molar-refractivity contribution in [2.45, 2.75) is 39.3 Å². The molecule has 104 valence electrons. The van der Waals surface area contributed by atoms with Crippen LogP contribution in [0.15, 0.2) is 0 Å². The molecule has 1 aliphatic heterocycles. The number of piperazine rings is 1. The van der Waals surface area contributed by atoms with Crippen LogP contribution in [-0.4, -0.2) is 51.6 Å². The first kappa shape index (κ1) is 15.1. The van der Waals surface area contributed by atoms with E-state index in [-0.39, 0.29) is 11.8 Å². The molecule has 6 heteroatoms. The Morgan fingerprint density at radius 3 is 2.50 bits per heavy atom. The van der Waals surface area contributed by atoms with Gasteiger partial charge in [-0.05, 0) is 19.3 Å². The topological polar surface area (TPSA) is 66.5 Å². The van der Waals surface area contributed by atoms with E-state index in [9.17, 15) is 13.8 Å². The molecule has 0 aliphatic carbocycles. The summed E-state index contributed by atoms with van der Waals surface area (Å²) in [5, 5.41) is 2.76. The van der Waals surface area contributed by atoms with Crippen LogP contribution in [0.3, 0.4) is 0 Å². The Labute approximate surface area is 111 Å². The molecule has 1 heterocycles. The summed E-state index contributed by atoms with van der Waals surface area (Å²) in [6.45, 7) is 6.12. The Kier molecular flexibility index (Phi) is 5.31. The summed E-state index contributed by atoms with van der Waals surface area (Å²) in [6.07, 6.45) is 2.24. The predicted octanol–water partition coefficient (Wildman–Crippen LogP) is 0.127. The molecule has 1 saturated heterocycles. The number of hydrogen-bond acceptors (Lipinski definition) is 3. The summed E-state index contributed by atoms with van der Waals surface area (Å²) in [6, 6.07) is -0.900. The van der Waals surface area contributed by atoms with Crippen LogP contribution in [0.1, 0.15) is 27.2 Å². The minimum Gasteiger partial charge on any atom is -0.343 e. The van der Waals surface area contributed by atoms with Gasteiger partial charge in [0.2, 0.25) is 11.8 Å². The molecule has 0 aromatic heterocycles. The fourth-order valence-corrected chi connectivity index (χ4v) is 2.50. The Hall–Kier alpha value is -0.910. The number of nitrogens with one attached hydrogen (secondary N) is 1. The highest BCUT2D eigenvalue weighted by atomic mass is 32.2. The molecule has 0 saturated carbocycles. The van der Waals surface area contributed by atoms with Gasteiger partial charge < -0.3 is 10.2 Å². The summed E-state index contributed by atoms with van der Waals surface area (Å²) in [4.78, 5) is 25.6. The zero-order chi connectivity index (χ0) is 13.9. The van der Waals surface area contributed by atoms with E-state index in [4.69, 9.17) is 0 Å². The first-order valence-electron chi connectivity index (χ1n) is 6.23. The molecule has 0 aromatic rings. The van der Waals surface area contributed by atoms with Crippen LogP contribution in [0, 0.1) is 5.92 Å². The van der Waals surface area contributed by atoms with Crippen LogP contribution in [0.2, 0.25) is 0 Å². The molecule has 1 N–H and O–H groups in total. The Morgan fingerprint density at radius 1 is 1.39 bits per heavy atom. The zero-order valence-corrected chi connectivity index (χ0v) is 12.3. The number of amides is 2. The number of nitrogens with zero attached hydrogens (tertiary/aromatic N) is 1. The van der Waals surface area contributed by atoms with Gasteiger partial charge in [-0.1, -0.05) is 13.8 Å². The Balaban J connectivity index is 2.75. The monoisotopic (exact) mass is 274 g/mol. The second-order valence-corrected chi connectivity index (χ2v) is 6.73. The summed E-state index contributed by atoms with van der Waals surface area (Å²) in [5.74, 6) is 0.579. The first-order valence-corrected chi connectivity index (χ1v) is 7.96. The molecular formula is C12H22N2O3S. The lowest BCUT2D eigenvalue weighted by Crippen LogP contribution is -2.63. The normalized spacial score (nSPS) is 26.4. The van der Waals surface area contributed by atoms with Gasteiger partial charge in [0.25, 0.3) is 0 Å². The fourth-order valence-electron chi connectivity index (χ4n) is 2.05. The van der Waals surface area contributed by atoms with Crippen molar-refractivity contribution in [3.8, 4) is 0 Å². The second-order valence-electron chi connectivity index (χ2n) is 5.18. The number of carbonyl (C=O) groups is 2.